The van der Waals surface area contributed by atoms with Gasteiger partial charge in [0.2, 0.25) is 0 Å². The number of pyridine rings is 1. The molecule has 0 unspecified atom stereocenters. The molecule has 3 nitrogen and oxygen atoms in total. The summed E-state index contributed by atoms with van der Waals surface area (Å²) in [4.78, 5) is 3.97. The summed E-state index contributed by atoms with van der Waals surface area (Å²) in [6.45, 7) is 0. The lowest BCUT2D eigenvalue weighted by molar-refractivity contribution is 0.403. The maximum absolute atomic E-state index is 12.6. The van der Waals surface area contributed by atoms with Crippen LogP contribution in [0.3, 0.4) is 0 Å². The molecule has 3 N–H and O–H groups in total. The maximum atomic E-state index is 12.6. The lowest BCUT2D eigenvalue weighted by atomic mass is 9.91. The van der Waals surface area contributed by atoms with Gasteiger partial charge in [0.25, 0.3) is 0 Å². The van der Waals surface area contributed by atoms with Crippen molar-refractivity contribution >= 4 is 5.82 Å². The van der Waals surface area contributed by atoms with Gasteiger partial charge in [-0.05, 0) is 25.0 Å². The number of rotatable bonds is 2. The van der Waals surface area contributed by atoms with Crippen molar-refractivity contribution in [2.24, 2.45) is 5.73 Å². The van der Waals surface area contributed by atoms with Crippen LogP contribution in [0.5, 0.6) is 0 Å². The largest absolute Gasteiger partial charge is 0.366 e. The quantitative estimate of drug-likeness (QED) is 0.782. The average molecular weight is 209 g/mol. The summed E-state index contributed by atoms with van der Waals surface area (Å²) in [5.41, 5.74) is 5.99. The standard InChI is InChI=1S/C11H16FN3/c12-8-5-6-11(14-7-8)15-10-4-2-1-3-9(10)13/h5-7,9-10H,1-4,13H2,(H,14,15)/t9-,10-/m1/s1. The SMILES string of the molecule is N[C@@H]1CCCC[C@H]1Nc1ccc(F)cn1. The minimum Gasteiger partial charge on any atom is -0.366 e. The van der Waals surface area contributed by atoms with E-state index in [0.29, 0.717) is 5.82 Å². The van der Waals surface area contributed by atoms with E-state index >= 15 is 0 Å². The molecule has 1 aromatic rings. The third kappa shape index (κ3) is 2.65. The molecule has 0 aromatic carbocycles. The molecule has 0 saturated heterocycles. The number of nitrogens with zero attached hydrogens (tertiary/aromatic N) is 1. The monoisotopic (exact) mass is 209 g/mol. The lowest BCUT2D eigenvalue weighted by Gasteiger charge is -2.29. The highest BCUT2D eigenvalue weighted by Gasteiger charge is 2.21. The number of hydrogen-bond donors (Lipinski definition) is 2. The van der Waals surface area contributed by atoms with Crippen LogP contribution in [0.25, 0.3) is 0 Å². The molecule has 4 heteroatoms. The molecule has 2 rings (SSSR count). The molecule has 0 radical (unpaired) electrons. The Morgan fingerprint density at radius 2 is 2.13 bits per heavy atom. The topological polar surface area (TPSA) is 50.9 Å². The van der Waals surface area contributed by atoms with Gasteiger partial charge in [-0.3, -0.25) is 0 Å². The lowest BCUT2D eigenvalue weighted by Crippen LogP contribution is -2.42. The van der Waals surface area contributed by atoms with E-state index in [1.54, 1.807) is 6.07 Å². The van der Waals surface area contributed by atoms with Gasteiger partial charge < -0.3 is 11.1 Å². The predicted octanol–water partition coefficient (Wildman–Crippen LogP) is 1.90. The molecule has 1 fully saturated rings. The van der Waals surface area contributed by atoms with E-state index in [2.05, 4.69) is 10.3 Å². The first-order valence-corrected chi connectivity index (χ1v) is 5.39. The third-order valence-corrected chi connectivity index (χ3v) is 2.88. The van der Waals surface area contributed by atoms with E-state index in [9.17, 15) is 4.39 Å². The van der Waals surface area contributed by atoms with Crippen molar-refractivity contribution in [1.82, 2.24) is 4.98 Å². The highest BCUT2D eigenvalue weighted by Crippen LogP contribution is 2.20. The Hall–Kier alpha value is -1.16. The fourth-order valence-electron chi connectivity index (χ4n) is 1.99. The molecule has 0 bridgehead atoms. The second-order valence-corrected chi connectivity index (χ2v) is 4.06. The van der Waals surface area contributed by atoms with Crippen molar-refractivity contribution in [3.8, 4) is 0 Å². The smallest absolute Gasteiger partial charge is 0.141 e. The minimum absolute atomic E-state index is 0.186. The van der Waals surface area contributed by atoms with Crippen LogP contribution in [-0.2, 0) is 0 Å². The Morgan fingerprint density at radius 3 is 2.80 bits per heavy atom. The number of nitrogens with two attached hydrogens (primary N) is 1. The van der Waals surface area contributed by atoms with E-state index in [1.165, 1.54) is 25.1 Å². The first-order valence-electron chi connectivity index (χ1n) is 5.39. The van der Waals surface area contributed by atoms with Gasteiger partial charge in [0.15, 0.2) is 0 Å². The molecule has 1 heterocycles. The normalized spacial score (nSPS) is 26.3. The molecule has 0 aliphatic heterocycles. The molecule has 1 aliphatic rings. The summed E-state index contributed by atoms with van der Waals surface area (Å²) in [5, 5.41) is 3.26. The number of anilines is 1. The van der Waals surface area contributed by atoms with Gasteiger partial charge in [0, 0.05) is 12.1 Å². The van der Waals surface area contributed by atoms with E-state index < -0.39 is 0 Å². The second kappa shape index (κ2) is 4.57. The van der Waals surface area contributed by atoms with Gasteiger partial charge >= 0.3 is 0 Å². The van der Waals surface area contributed by atoms with Crippen molar-refractivity contribution in [3.63, 3.8) is 0 Å². The Kier molecular flexibility index (Phi) is 3.16. The zero-order chi connectivity index (χ0) is 10.7. The number of hydrogen-bond acceptors (Lipinski definition) is 3. The van der Waals surface area contributed by atoms with Crippen molar-refractivity contribution in [1.29, 1.82) is 0 Å². The van der Waals surface area contributed by atoms with Crippen LogP contribution in [0.15, 0.2) is 18.3 Å². The zero-order valence-corrected chi connectivity index (χ0v) is 8.62. The van der Waals surface area contributed by atoms with E-state index in [0.717, 1.165) is 12.8 Å². The van der Waals surface area contributed by atoms with Gasteiger partial charge in [0.05, 0.1) is 6.20 Å². The first kappa shape index (κ1) is 10.4. The van der Waals surface area contributed by atoms with Crippen molar-refractivity contribution in [2.45, 2.75) is 37.8 Å². The molecule has 1 aliphatic carbocycles. The zero-order valence-electron chi connectivity index (χ0n) is 8.62. The molecule has 1 aromatic heterocycles. The highest BCUT2D eigenvalue weighted by molar-refractivity contribution is 5.35. The molecule has 0 amide bonds. The van der Waals surface area contributed by atoms with Crippen LogP contribution in [0.4, 0.5) is 10.2 Å². The molecule has 15 heavy (non-hydrogen) atoms. The van der Waals surface area contributed by atoms with Crippen LogP contribution >= 0.6 is 0 Å². The summed E-state index contributed by atoms with van der Waals surface area (Å²) >= 11 is 0. The molecule has 2 atom stereocenters. The van der Waals surface area contributed by atoms with Crippen LogP contribution in [0.2, 0.25) is 0 Å². The summed E-state index contributed by atoms with van der Waals surface area (Å²) in [6.07, 6.45) is 5.75. The summed E-state index contributed by atoms with van der Waals surface area (Å²) < 4.78 is 12.6. The van der Waals surface area contributed by atoms with Gasteiger partial charge in [-0.15, -0.1) is 0 Å². The van der Waals surface area contributed by atoms with E-state index in [-0.39, 0.29) is 17.9 Å². The number of halogens is 1. The van der Waals surface area contributed by atoms with Crippen LogP contribution in [-0.4, -0.2) is 17.1 Å². The average Bonchev–Trinajstić information content (AvgIpc) is 2.25. The minimum atomic E-state index is -0.312. The first-order chi connectivity index (χ1) is 7.25. The Morgan fingerprint density at radius 1 is 1.33 bits per heavy atom. The molecule has 1 saturated carbocycles. The van der Waals surface area contributed by atoms with E-state index in [4.69, 9.17) is 5.73 Å². The summed E-state index contributed by atoms with van der Waals surface area (Å²) in [6, 6.07) is 3.52. The van der Waals surface area contributed by atoms with Crippen molar-refractivity contribution < 1.29 is 4.39 Å². The Balaban J connectivity index is 1.98. The third-order valence-electron chi connectivity index (χ3n) is 2.88. The van der Waals surface area contributed by atoms with Crippen LogP contribution < -0.4 is 11.1 Å². The van der Waals surface area contributed by atoms with Gasteiger partial charge in [-0.2, -0.15) is 0 Å². The van der Waals surface area contributed by atoms with Gasteiger partial charge in [0.1, 0.15) is 11.6 Å². The number of aromatic nitrogens is 1. The Bertz CT molecular complexity index is 312. The maximum Gasteiger partial charge on any atom is 0.141 e. The van der Waals surface area contributed by atoms with Crippen molar-refractivity contribution in [3.05, 3.63) is 24.1 Å². The van der Waals surface area contributed by atoms with Crippen molar-refractivity contribution in [2.75, 3.05) is 5.32 Å². The number of nitrogens with one attached hydrogen (secondary N) is 1. The molecule has 82 valence electrons. The predicted molar refractivity (Wildman–Crippen MR) is 58.0 cm³/mol. The summed E-state index contributed by atoms with van der Waals surface area (Å²) in [7, 11) is 0. The molecular weight excluding hydrogens is 193 g/mol. The fraction of sp³-hybridized carbons (Fsp3) is 0.545. The summed E-state index contributed by atoms with van der Waals surface area (Å²) in [5.74, 6) is 0.396. The second-order valence-electron chi connectivity index (χ2n) is 4.06. The molecular formula is C11H16FN3. The molecule has 0 spiro atoms. The highest BCUT2D eigenvalue weighted by atomic mass is 19.1. The fourth-order valence-corrected chi connectivity index (χ4v) is 1.99. The van der Waals surface area contributed by atoms with Gasteiger partial charge in [-0.1, -0.05) is 12.8 Å². The van der Waals surface area contributed by atoms with Gasteiger partial charge in [-0.25, -0.2) is 9.37 Å². The van der Waals surface area contributed by atoms with Crippen LogP contribution in [0, 0.1) is 5.82 Å². The van der Waals surface area contributed by atoms with Crippen LogP contribution in [0.1, 0.15) is 25.7 Å². The Labute approximate surface area is 88.9 Å². The van der Waals surface area contributed by atoms with E-state index in [1.807, 2.05) is 0 Å².